The van der Waals surface area contributed by atoms with Gasteiger partial charge in [0.1, 0.15) is 0 Å². The molecule has 1 aromatic carbocycles. The van der Waals surface area contributed by atoms with Crippen molar-refractivity contribution in [2.75, 3.05) is 6.61 Å². The summed E-state index contributed by atoms with van der Waals surface area (Å²) < 4.78 is 42.2. The van der Waals surface area contributed by atoms with E-state index < -0.39 is 11.7 Å². The van der Waals surface area contributed by atoms with Gasteiger partial charge in [0, 0.05) is 12.0 Å². The lowest BCUT2D eigenvalue weighted by Gasteiger charge is -2.05. The van der Waals surface area contributed by atoms with Gasteiger partial charge in [-0.05, 0) is 30.2 Å². The number of nitrogens with zero attached hydrogens (tertiary/aromatic N) is 2. The second kappa shape index (κ2) is 7.93. The minimum Gasteiger partial charge on any atom is -0.421 e. The average Bonchev–Trinajstić information content (AvgIpc) is 2.86. The zero-order valence-corrected chi connectivity index (χ0v) is 12.7. The van der Waals surface area contributed by atoms with E-state index in [2.05, 4.69) is 31.0 Å². The molecule has 0 amide bonds. The summed E-state index contributed by atoms with van der Waals surface area (Å²) in [6.07, 6.45) is -4.15. The van der Waals surface area contributed by atoms with Crippen molar-refractivity contribution in [1.29, 1.82) is 0 Å². The molecule has 0 atom stereocenters. The van der Waals surface area contributed by atoms with Gasteiger partial charge in [0.05, 0.1) is 12.2 Å². The van der Waals surface area contributed by atoms with Gasteiger partial charge in [-0.1, -0.05) is 20.8 Å². The van der Waals surface area contributed by atoms with Crippen molar-refractivity contribution in [1.82, 2.24) is 10.2 Å². The Kier molecular flexibility index (Phi) is 6.55. The molecule has 4 nitrogen and oxygen atoms in total. The third-order valence-corrected chi connectivity index (χ3v) is 2.25. The number of rotatable bonds is 3. The van der Waals surface area contributed by atoms with Crippen LogP contribution in [0.1, 0.15) is 32.2 Å². The zero-order chi connectivity index (χ0) is 16.8. The van der Waals surface area contributed by atoms with Crippen LogP contribution in [0.3, 0.4) is 0 Å². The molecule has 0 saturated heterocycles. The third kappa shape index (κ3) is 5.85. The molecule has 1 N–H and O–H groups in total. The zero-order valence-electron chi connectivity index (χ0n) is 12.7. The summed E-state index contributed by atoms with van der Waals surface area (Å²) in [5.74, 6) is 1.21. The lowest BCUT2D eigenvalue weighted by molar-refractivity contribution is -0.137. The fraction of sp³-hybridized carbons (Fsp3) is 0.467. The molecular formula is C15H19F3N2O2. The summed E-state index contributed by atoms with van der Waals surface area (Å²) in [6, 6.07) is 4.43. The Bertz CT molecular complexity index is 560. The first kappa shape index (κ1) is 18.2. The van der Waals surface area contributed by atoms with Crippen molar-refractivity contribution in [2.45, 2.75) is 33.4 Å². The van der Waals surface area contributed by atoms with Gasteiger partial charge in [-0.15, -0.1) is 10.2 Å². The molecule has 22 heavy (non-hydrogen) atoms. The highest BCUT2D eigenvalue weighted by atomic mass is 19.4. The van der Waals surface area contributed by atoms with Crippen molar-refractivity contribution >= 4 is 0 Å². The van der Waals surface area contributed by atoms with Crippen LogP contribution in [-0.4, -0.2) is 21.9 Å². The summed E-state index contributed by atoms with van der Waals surface area (Å²) >= 11 is 0. The molecule has 1 aromatic heterocycles. The lowest BCUT2D eigenvalue weighted by atomic mass is 10.1. The molecule has 0 unspecified atom stereocenters. The summed E-state index contributed by atoms with van der Waals surface area (Å²) in [4.78, 5) is 0. The molecule has 0 radical (unpaired) electrons. The smallest absolute Gasteiger partial charge is 0.416 e. The van der Waals surface area contributed by atoms with E-state index in [9.17, 15) is 13.2 Å². The van der Waals surface area contributed by atoms with Gasteiger partial charge >= 0.3 is 6.18 Å². The number of halogens is 3. The molecule has 7 heteroatoms. The Hall–Kier alpha value is -1.89. The molecule has 0 spiro atoms. The Morgan fingerprint density at radius 1 is 1.09 bits per heavy atom. The molecule has 1 heterocycles. The number of benzene rings is 1. The summed E-state index contributed by atoms with van der Waals surface area (Å²) in [5, 5.41) is 16.0. The summed E-state index contributed by atoms with van der Waals surface area (Å²) in [5.41, 5.74) is -0.332. The molecule has 0 aliphatic carbocycles. The van der Waals surface area contributed by atoms with Crippen LogP contribution in [0.5, 0.6) is 0 Å². The maximum absolute atomic E-state index is 12.3. The largest absolute Gasteiger partial charge is 0.421 e. The molecule has 0 bridgehead atoms. The van der Waals surface area contributed by atoms with Crippen LogP contribution in [0.4, 0.5) is 13.2 Å². The quantitative estimate of drug-likeness (QED) is 0.931. The molecule has 2 aromatic rings. The maximum atomic E-state index is 12.3. The van der Waals surface area contributed by atoms with Crippen LogP contribution in [0, 0.1) is 5.92 Å². The Labute approximate surface area is 127 Å². The van der Waals surface area contributed by atoms with Crippen molar-refractivity contribution in [3.63, 3.8) is 0 Å². The van der Waals surface area contributed by atoms with Gasteiger partial charge in [-0.3, -0.25) is 0 Å². The van der Waals surface area contributed by atoms with Crippen LogP contribution in [0.2, 0.25) is 0 Å². The van der Waals surface area contributed by atoms with Gasteiger partial charge in [-0.25, -0.2) is 0 Å². The Balaban J connectivity index is 0.000000541. The van der Waals surface area contributed by atoms with E-state index in [1.54, 1.807) is 0 Å². The van der Waals surface area contributed by atoms with Gasteiger partial charge in [-0.2, -0.15) is 13.2 Å². The minimum atomic E-state index is -4.37. The Morgan fingerprint density at radius 2 is 1.64 bits per heavy atom. The highest BCUT2D eigenvalue weighted by Gasteiger charge is 2.30. The fourth-order valence-corrected chi connectivity index (χ4v) is 1.37. The fourth-order valence-electron chi connectivity index (χ4n) is 1.37. The lowest BCUT2D eigenvalue weighted by Crippen LogP contribution is -2.03. The van der Waals surface area contributed by atoms with E-state index in [1.807, 2.05) is 0 Å². The predicted molar refractivity (Wildman–Crippen MR) is 76.0 cm³/mol. The molecule has 0 aliphatic rings. The number of aliphatic hydroxyl groups excluding tert-OH is 1. The summed E-state index contributed by atoms with van der Waals surface area (Å²) in [6.45, 7) is 6.37. The highest BCUT2D eigenvalue weighted by molar-refractivity contribution is 5.53. The first-order chi connectivity index (χ1) is 10.2. The standard InChI is InChI=1S/C11H9F3N2O2.C4H10/c12-11(13,14)8-3-1-7(2-4-8)10-16-15-9(18-10)5-6-17;1-4(2)3/h1-4,17H,5-6H2;4H,1-3H3. The first-order valence-corrected chi connectivity index (χ1v) is 6.85. The van der Waals surface area contributed by atoms with Crippen molar-refractivity contribution < 1.29 is 22.7 Å². The average molecular weight is 316 g/mol. The van der Waals surface area contributed by atoms with Crippen LogP contribution < -0.4 is 0 Å². The van der Waals surface area contributed by atoms with Crippen LogP contribution >= 0.6 is 0 Å². The van der Waals surface area contributed by atoms with E-state index in [0.717, 1.165) is 18.1 Å². The summed E-state index contributed by atoms with van der Waals surface area (Å²) in [7, 11) is 0. The number of aliphatic hydroxyl groups is 1. The first-order valence-electron chi connectivity index (χ1n) is 6.85. The molecule has 2 rings (SSSR count). The van der Waals surface area contributed by atoms with Gasteiger partial charge in [0.25, 0.3) is 0 Å². The topological polar surface area (TPSA) is 59.2 Å². The predicted octanol–water partition coefficient (Wildman–Crippen LogP) is 3.95. The van der Waals surface area contributed by atoms with Crippen LogP contribution in [0.25, 0.3) is 11.5 Å². The van der Waals surface area contributed by atoms with Crippen molar-refractivity contribution in [3.05, 3.63) is 35.7 Å². The van der Waals surface area contributed by atoms with Crippen molar-refractivity contribution in [3.8, 4) is 11.5 Å². The van der Waals surface area contributed by atoms with E-state index in [4.69, 9.17) is 9.52 Å². The van der Waals surface area contributed by atoms with Gasteiger partial charge in [0.2, 0.25) is 11.8 Å². The molecule has 0 fully saturated rings. The van der Waals surface area contributed by atoms with Crippen LogP contribution in [-0.2, 0) is 12.6 Å². The second-order valence-corrected chi connectivity index (χ2v) is 5.28. The van der Waals surface area contributed by atoms with Crippen molar-refractivity contribution in [2.24, 2.45) is 5.92 Å². The molecule has 122 valence electrons. The number of alkyl halides is 3. The van der Waals surface area contributed by atoms with E-state index in [-0.39, 0.29) is 24.8 Å². The maximum Gasteiger partial charge on any atom is 0.416 e. The van der Waals surface area contributed by atoms with Gasteiger partial charge in [0.15, 0.2) is 0 Å². The number of aromatic nitrogens is 2. The van der Waals surface area contributed by atoms with E-state index in [1.165, 1.54) is 12.1 Å². The Morgan fingerprint density at radius 3 is 2.09 bits per heavy atom. The van der Waals surface area contributed by atoms with Crippen LogP contribution in [0.15, 0.2) is 28.7 Å². The molecule has 0 aliphatic heterocycles. The monoisotopic (exact) mass is 316 g/mol. The second-order valence-electron chi connectivity index (χ2n) is 5.28. The molecule has 0 saturated carbocycles. The SMILES string of the molecule is CC(C)C.OCCc1nnc(-c2ccc(C(F)(F)F)cc2)o1. The van der Waals surface area contributed by atoms with Gasteiger partial charge < -0.3 is 9.52 Å². The normalized spacial score (nSPS) is 11.3. The number of hydrogen-bond acceptors (Lipinski definition) is 4. The third-order valence-electron chi connectivity index (χ3n) is 2.25. The number of hydrogen-bond donors (Lipinski definition) is 1. The highest BCUT2D eigenvalue weighted by Crippen LogP contribution is 2.30. The van der Waals surface area contributed by atoms with E-state index >= 15 is 0 Å². The van der Waals surface area contributed by atoms with E-state index in [0.29, 0.717) is 5.56 Å². The minimum absolute atomic E-state index is 0.130. The molecular weight excluding hydrogens is 297 g/mol.